The molecular weight excluding hydrogens is 442 g/mol. The highest BCUT2D eigenvalue weighted by Crippen LogP contribution is 2.28. The average Bonchev–Trinajstić information content (AvgIpc) is 2.87. The van der Waals surface area contributed by atoms with Crippen LogP contribution in [0, 0.1) is 5.92 Å². The number of hydrogen-bond acceptors (Lipinski definition) is 7. The molecule has 3 aromatic rings. The maximum absolute atomic E-state index is 12.6. The highest BCUT2D eigenvalue weighted by atomic mass is 16.5. The van der Waals surface area contributed by atoms with E-state index >= 15 is 0 Å². The van der Waals surface area contributed by atoms with E-state index in [2.05, 4.69) is 16.7 Å². The second-order valence-electron chi connectivity index (χ2n) is 9.30. The molecule has 1 aromatic heterocycles. The van der Waals surface area contributed by atoms with E-state index in [9.17, 15) is 4.79 Å². The Hall–Kier alpha value is -3.55. The lowest BCUT2D eigenvalue weighted by atomic mass is 9.86. The van der Waals surface area contributed by atoms with Crippen molar-refractivity contribution in [1.82, 2.24) is 15.3 Å². The molecule has 1 saturated carbocycles. The zero-order chi connectivity index (χ0) is 24.8. The van der Waals surface area contributed by atoms with Crippen LogP contribution < -0.4 is 25.0 Å². The number of carbonyl (C=O) groups excluding carboxylic acids is 1. The fraction of sp³-hybridized carbons (Fsp3) is 0.444. The maximum Gasteiger partial charge on any atom is 0.225 e. The largest absolute Gasteiger partial charge is 0.497 e. The van der Waals surface area contributed by atoms with E-state index in [1.807, 2.05) is 55.4 Å². The van der Waals surface area contributed by atoms with E-state index in [4.69, 9.17) is 19.4 Å². The Bertz CT molecular complexity index is 1160. The Morgan fingerprint density at radius 1 is 1.03 bits per heavy atom. The Kier molecular flexibility index (Phi) is 7.90. The topological polar surface area (TPSA) is 88.6 Å². The van der Waals surface area contributed by atoms with Crippen molar-refractivity contribution in [2.45, 2.75) is 38.1 Å². The summed E-state index contributed by atoms with van der Waals surface area (Å²) in [7, 11) is 7.23. The van der Waals surface area contributed by atoms with Crippen LogP contribution >= 0.6 is 0 Å². The van der Waals surface area contributed by atoms with Crippen LogP contribution in [0.2, 0.25) is 0 Å². The highest BCUT2D eigenvalue weighted by Gasteiger charge is 2.23. The van der Waals surface area contributed by atoms with Crippen LogP contribution in [-0.2, 0) is 11.2 Å². The SMILES string of the molecule is COc1ccc(OC)c(CC(=O)NCC2CCC(Nc3nc(N(C)C)c4ccccc4n3)CC2)c1. The van der Waals surface area contributed by atoms with Gasteiger partial charge in [-0.2, -0.15) is 4.98 Å². The maximum atomic E-state index is 12.6. The van der Waals surface area contributed by atoms with Crippen molar-refractivity contribution in [2.75, 3.05) is 45.1 Å². The van der Waals surface area contributed by atoms with Crippen molar-refractivity contribution in [3.63, 3.8) is 0 Å². The van der Waals surface area contributed by atoms with Gasteiger partial charge in [0.1, 0.15) is 17.3 Å². The van der Waals surface area contributed by atoms with Crippen LogP contribution in [0.25, 0.3) is 10.9 Å². The smallest absolute Gasteiger partial charge is 0.225 e. The predicted molar refractivity (Wildman–Crippen MR) is 139 cm³/mol. The van der Waals surface area contributed by atoms with E-state index in [-0.39, 0.29) is 12.3 Å². The lowest BCUT2D eigenvalue weighted by Crippen LogP contribution is -2.35. The number of fused-ring (bicyclic) bond motifs is 1. The molecule has 0 aliphatic heterocycles. The van der Waals surface area contributed by atoms with Crippen LogP contribution in [0.1, 0.15) is 31.2 Å². The number of anilines is 2. The molecule has 1 fully saturated rings. The number of nitrogens with zero attached hydrogens (tertiary/aromatic N) is 3. The molecule has 0 bridgehead atoms. The van der Waals surface area contributed by atoms with Gasteiger partial charge in [0, 0.05) is 37.6 Å². The number of carbonyl (C=O) groups is 1. The molecule has 1 aliphatic carbocycles. The first-order valence-electron chi connectivity index (χ1n) is 12.1. The summed E-state index contributed by atoms with van der Waals surface area (Å²) in [5, 5.41) is 7.71. The molecule has 8 heteroatoms. The molecule has 186 valence electrons. The third kappa shape index (κ3) is 6.12. The standard InChI is InChI=1S/C27H35N5O3/c1-32(2)26-22-7-5-6-8-23(22)30-27(31-26)29-20-11-9-18(10-12-20)17-28-25(33)16-19-15-21(34-3)13-14-24(19)35-4/h5-8,13-15,18,20H,9-12,16-17H2,1-4H3,(H,28,33)(H,29,30,31). The quantitative estimate of drug-likeness (QED) is 0.481. The second kappa shape index (κ2) is 11.3. The summed E-state index contributed by atoms with van der Waals surface area (Å²) in [4.78, 5) is 24.1. The van der Waals surface area contributed by atoms with Crippen molar-refractivity contribution in [3.05, 3.63) is 48.0 Å². The lowest BCUT2D eigenvalue weighted by molar-refractivity contribution is -0.120. The highest BCUT2D eigenvalue weighted by molar-refractivity contribution is 5.90. The van der Waals surface area contributed by atoms with Crippen LogP contribution in [-0.4, -0.2) is 56.8 Å². The number of benzene rings is 2. The van der Waals surface area contributed by atoms with E-state index in [0.29, 0.717) is 36.0 Å². The van der Waals surface area contributed by atoms with Crippen LogP contribution in [0.15, 0.2) is 42.5 Å². The van der Waals surface area contributed by atoms with Crippen LogP contribution in [0.5, 0.6) is 11.5 Å². The number of ether oxygens (including phenoxy) is 2. The van der Waals surface area contributed by atoms with Gasteiger partial charge in [-0.3, -0.25) is 4.79 Å². The second-order valence-corrected chi connectivity index (χ2v) is 9.30. The minimum atomic E-state index is -0.00224. The van der Waals surface area contributed by atoms with Gasteiger partial charge < -0.3 is 25.0 Å². The average molecular weight is 478 g/mol. The Morgan fingerprint density at radius 3 is 2.51 bits per heavy atom. The van der Waals surface area contributed by atoms with Gasteiger partial charge in [-0.15, -0.1) is 0 Å². The Morgan fingerprint density at radius 2 is 1.80 bits per heavy atom. The van der Waals surface area contributed by atoms with E-state index in [1.165, 1.54) is 0 Å². The van der Waals surface area contributed by atoms with Gasteiger partial charge in [0.05, 0.1) is 26.2 Å². The molecule has 0 radical (unpaired) electrons. The summed E-state index contributed by atoms with van der Waals surface area (Å²) in [5.41, 5.74) is 1.77. The van der Waals surface area contributed by atoms with Gasteiger partial charge in [-0.05, 0) is 61.9 Å². The molecular formula is C27H35N5O3. The van der Waals surface area contributed by atoms with Gasteiger partial charge in [0.25, 0.3) is 0 Å². The summed E-state index contributed by atoms with van der Waals surface area (Å²) < 4.78 is 10.7. The number of rotatable bonds is 9. The molecule has 1 aliphatic rings. The molecule has 0 saturated heterocycles. The monoisotopic (exact) mass is 477 g/mol. The molecule has 8 nitrogen and oxygen atoms in total. The molecule has 35 heavy (non-hydrogen) atoms. The van der Waals surface area contributed by atoms with Crippen molar-refractivity contribution in [3.8, 4) is 11.5 Å². The number of aromatic nitrogens is 2. The zero-order valence-corrected chi connectivity index (χ0v) is 21.0. The first-order chi connectivity index (χ1) is 17.0. The van der Waals surface area contributed by atoms with Crippen molar-refractivity contribution < 1.29 is 14.3 Å². The minimum absolute atomic E-state index is 0.00224. The minimum Gasteiger partial charge on any atom is -0.497 e. The molecule has 0 atom stereocenters. The summed E-state index contributed by atoms with van der Waals surface area (Å²) >= 11 is 0. The summed E-state index contributed by atoms with van der Waals surface area (Å²) in [6.45, 7) is 0.690. The fourth-order valence-electron chi connectivity index (χ4n) is 4.67. The first kappa shape index (κ1) is 24.6. The van der Waals surface area contributed by atoms with Crippen LogP contribution in [0.4, 0.5) is 11.8 Å². The van der Waals surface area contributed by atoms with E-state index in [1.54, 1.807) is 14.2 Å². The number of nitrogens with one attached hydrogen (secondary N) is 2. The number of hydrogen-bond donors (Lipinski definition) is 2. The van der Waals surface area contributed by atoms with E-state index in [0.717, 1.165) is 48.0 Å². The Labute approximate surface area is 207 Å². The number of para-hydroxylation sites is 1. The van der Waals surface area contributed by atoms with Gasteiger partial charge >= 0.3 is 0 Å². The van der Waals surface area contributed by atoms with Crippen molar-refractivity contribution in [1.29, 1.82) is 0 Å². The predicted octanol–water partition coefficient (Wildman–Crippen LogP) is 4.04. The lowest BCUT2D eigenvalue weighted by Gasteiger charge is -2.29. The summed E-state index contributed by atoms with van der Waals surface area (Å²) in [5.74, 6) is 3.48. The molecule has 2 N–H and O–H groups in total. The van der Waals surface area contributed by atoms with Gasteiger partial charge in [-0.25, -0.2) is 4.98 Å². The normalized spacial score (nSPS) is 17.6. The van der Waals surface area contributed by atoms with Gasteiger partial charge in [0.2, 0.25) is 11.9 Å². The van der Waals surface area contributed by atoms with E-state index < -0.39 is 0 Å². The van der Waals surface area contributed by atoms with Crippen LogP contribution in [0.3, 0.4) is 0 Å². The van der Waals surface area contributed by atoms with Crippen molar-refractivity contribution >= 4 is 28.6 Å². The number of methoxy groups -OCH3 is 2. The first-order valence-corrected chi connectivity index (χ1v) is 12.1. The van der Waals surface area contributed by atoms with Gasteiger partial charge in [0.15, 0.2) is 0 Å². The molecule has 0 unspecified atom stereocenters. The van der Waals surface area contributed by atoms with Gasteiger partial charge in [-0.1, -0.05) is 12.1 Å². The van der Waals surface area contributed by atoms with Crippen molar-refractivity contribution in [2.24, 2.45) is 5.92 Å². The molecule has 0 spiro atoms. The third-order valence-corrected chi connectivity index (χ3v) is 6.61. The molecule has 1 amide bonds. The zero-order valence-electron chi connectivity index (χ0n) is 21.0. The Balaban J connectivity index is 1.28. The third-order valence-electron chi connectivity index (χ3n) is 6.61. The summed E-state index contributed by atoms with van der Waals surface area (Å²) in [6, 6.07) is 13.9. The molecule has 2 aromatic carbocycles. The fourth-order valence-corrected chi connectivity index (χ4v) is 4.67. The summed E-state index contributed by atoms with van der Waals surface area (Å²) in [6.07, 6.45) is 4.42. The number of amides is 1. The molecule has 1 heterocycles. The molecule has 4 rings (SSSR count).